The van der Waals surface area contributed by atoms with Crippen LogP contribution in [0.5, 0.6) is 11.5 Å². The van der Waals surface area contributed by atoms with Gasteiger partial charge in [0.25, 0.3) is 5.91 Å². The third-order valence-corrected chi connectivity index (χ3v) is 5.72. The summed E-state index contributed by atoms with van der Waals surface area (Å²) in [6.07, 6.45) is 1.78. The second-order valence-corrected chi connectivity index (χ2v) is 7.27. The number of ether oxygens (including phenoxy) is 2. The zero-order valence-corrected chi connectivity index (χ0v) is 16.1. The molecule has 6 heteroatoms. The highest BCUT2D eigenvalue weighted by Crippen LogP contribution is 2.35. The van der Waals surface area contributed by atoms with Crippen LogP contribution in [0.15, 0.2) is 29.6 Å². The van der Waals surface area contributed by atoms with Crippen molar-refractivity contribution in [3.05, 3.63) is 45.6 Å². The molecule has 0 saturated heterocycles. The van der Waals surface area contributed by atoms with Gasteiger partial charge in [0.05, 0.1) is 13.2 Å². The van der Waals surface area contributed by atoms with Crippen molar-refractivity contribution in [1.82, 2.24) is 4.90 Å². The number of thiophene rings is 1. The molecule has 1 aromatic heterocycles. The lowest BCUT2D eigenvalue weighted by Crippen LogP contribution is -2.41. The Morgan fingerprint density at radius 3 is 2.77 bits per heavy atom. The maximum Gasteiger partial charge on any atom is 0.261 e. The van der Waals surface area contributed by atoms with E-state index < -0.39 is 0 Å². The lowest BCUT2D eigenvalue weighted by molar-refractivity contribution is -0.136. The van der Waals surface area contributed by atoms with Gasteiger partial charge in [0.15, 0.2) is 23.9 Å². The Hall–Kier alpha value is -2.34. The molecule has 0 N–H and O–H groups in total. The van der Waals surface area contributed by atoms with Crippen molar-refractivity contribution in [2.24, 2.45) is 0 Å². The maximum atomic E-state index is 12.8. The van der Waals surface area contributed by atoms with Crippen molar-refractivity contribution in [3.63, 3.8) is 0 Å². The fourth-order valence-corrected chi connectivity index (χ4v) is 4.29. The molecule has 0 saturated carbocycles. The highest BCUT2D eigenvalue weighted by atomic mass is 32.1. The predicted molar refractivity (Wildman–Crippen MR) is 101 cm³/mol. The molecule has 0 unspecified atom stereocenters. The van der Waals surface area contributed by atoms with Gasteiger partial charge in [-0.15, -0.1) is 11.3 Å². The summed E-state index contributed by atoms with van der Waals surface area (Å²) in [5, 5.41) is 2.10. The summed E-state index contributed by atoms with van der Waals surface area (Å²) in [5.74, 6) is 0.839. The van der Waals surface area contributed by atoms with Gasteiger partial charge in [-0.2, -0.15) is 0 Å². The van der Waals surface area contributed by atoms with Crippen LogP contribution in [0.1, 0.15) is 47.1 Å². The van der Waals surface area contributed by atoms with Crippen LogP contribution in [0.3, 0.4) is 0 Å². The quantitative estimate of drug-likeness (QED) is 0.721. The second kappa shape index (κ2) is 7.91. The van der Waals surface area contributed by atoms with E-state index in [1.54, 1.807) is 29.5 Å². The van der Waals surface area contributed by atoms with Crippen molar-refractivity contribution in [1.29, 1.82) is 0 Å². The largest absolute Gasteiger partial charge is 0.493 e. The van der Waals surface area contributed by atoms with Crippen LogP contribution < -0.4 is 9.47 Å². The standard InChI is InChI=1S/C20H23NO4S/c1-4-16-15-8-10-26-19(15)7-9-21(16)20(23)12-25-17-6-5-14(13(2)22)11-18(17)24-3/h5-6,8,10-11,16H,4,7,9,12H2,1-3H3/t16-/m0/s1. The molecule has 2 aromatic rings. The summed E-state index contributed by atoms with van der Waals surface area (Å²) in [5.41, 5.74) is 1.81. The first-order valence-corrected chi connectivity index (χ1v) is 9.60. The van der Waals surface area contributed by atoms with Crippen molar-refractivity contribution in [2.75, 3.05) is 20.3 Å². The van der Waals surface area contributed by atoms with E-state index in [-0.39, 0.29) is 24.3 Å². The molecular formula is C20H23NO4S. The van der Waals surface area contributed by atoms with Gasteiger partial charge in [0.1, 0.15) is 0 Å². The SMILES string of the molecule is CC[C@H]1c2ccsc2CCN1C(=O)COc1ccc(C(C)=O)cc1OC. The van der Waals surface area contributed by atoms with Gasteiger partial charge in [-0.05, 0) is 55.0 Å². The van der Waals surface area contributed by atoms with Crippen molar-refractivity contribution in [3.8, 4) is 11.5 Å². The number of carbonyl (C=O) groups is 2. The number of hydrogen-bond acceptors (Lipinski definition) is 5. The van der Waals surface area contributed by atoms with Gasteiger partial charge in [-0.3, -0.25) is 9.59 Å². The number of Topliss-reactive ketones (excluding diaryl/α,β-unsaturated/α-hetero) is 1. The first kappa shape index (κ1) is 18.5. The molecule has 26 heavy (non-hydrogen) atoms. The van der Waals surface area contributed by atoms with Gasteiger partial charge in [-0.25, -0.2) is 0 Å². The number of rotatable bonds is 6. The number of methoxy groups -OCH3 is 1. The molecular weight excluding hydrogens is 350 g/mol. The predicted octanol–water partition coefficient (Wildman–Crippen LogP) is 3.87. The fourth-order valence-electron chi connectivity index (χ4n) is 3.36. The molecule has 1 aliphatic rings. The third kappa shape index (κ3) is 3.60. The number of nitrogens with zero attached hydrogens (tertiary/aromatic N) is 1. The van der Waals surface area contributed by atoms with E-state index in [1.807, 2.05) is 4.90 Å². The minimum atomic E-state index is -0.0499. The van der Waals surface area contributed by atoms with Crippen molar-refractivity contribution >= 4 is 23.0 Å². The zero-order valence-electron chi connectivity index (χ0n) is 15.3. The van der Waals surface area contributed by atoms with Gasteiger partial charge < -0.3 is 14.4 Å². The lowest BCUT2D eigenvalue weighted by atomic mass is 9.98. The van der Waals surface area contributed by atoms with Crippen LogP contribution in [-0.4, -0.2) is 36.9 Å². The molecule has 0 radical (unpaired) electrons. The molecule has 1 atom stereocenters. The Morgan fingerprint density at radius 1 is 1.27 bits per heavy atom. The third-order valence-electron chi connectivity index (χ3n) is 4.72. The van der Waals surface area contributed by atoms with Crippen LogP contribution in [-0.2, 0) is 11.2 Å². The van der Waals surface area contributed by atoms with Gasteiger partial charge in [0, 0.05) is 17.0 Å². The lowest BCUT2D eigenvalue weighted by Gasteiger charge is -2.35. The molecule has 0 fully saturated rings. The normalized spacial score (nSPS) is 16.1. The first-order chi connectivity index (χ1) is 12.5. The number of hydrogen-bond donors (Lipinski definition) is 0. The van der Waals surface area contributed by atoms with E-state index >= 15 is 0 Å². The fraction of sp³-hybridized carbons (Fsp3) is 0.400. The van der Waals surface area contributed by atoms with Gasteiger partial charge >= 0.3 is 0 Å². The highest BCUT2D eigenvalue weighted by Gasteiger charge is 2.30. The minimum absolute atomic E-state index is 0.0357. The first-order valence-electron chi connectivity index (χ1n) is 8.72. The summed E-state index contributed by atoms with van der Waals surface area (Å²) in [4.78, 5) is 27.5. The smallest absolute Gasteiger partial charge is 0.261 e. The number of carbonyl (C=O) groups excluding carboxylic acids is 2. The van der Waals surface area contributed by atoms with Crippen LogP contribution >= 0.6 is 11.3 Å². The molecule has 5 nitrogen and oxygen atoms in total. The molecule has 1 aliphatic heterocycles. The van der Waals surface area contributed by atoms with Crippen LogP contribution in [0.4, 0.5) is 0 Å². The molecule has 138 valence electrons. The summed E-state index contributed by atoms with van der Waals surface area (Å²) in [6, 6.07) is 7.22. The highest BCUT2D eigenvalue weighted by molar-refractivity contribution is 7.10. The van der Waals surface area contributed by atoms with Crippen molar-refractivity contribution in [2.45, 2.75) is 32.7 Å². The van der Waals surface area contributed by atoms with E-state index in [1.165, 1.54) is 24.5 Å². The van der Waals surface area contributed by atoms with Crippen LogP contribution in [0, 0.1) is 0 Å². The van der Waals surface area contributed by atoms with Gasteiger partial charge in [0.2, 0.25) is 0 Å². The Labute approximate surface area is 157 Å². The van der Waals surface area contributed by atoms with Crippen molar-refractivity contribution < 1.29 is 19.1 Å². The van der Waals surface area contributed by atoms with E-state index in [0.29, 0.717) is 23.6 Å². The van der Waals surface area contributed by atoms with Crippen LogP contribution in [0.25, 0.3) is 0 Å². The maximum absolute atomic E-state index is 12.8. The summed E-state index contributed by atoms with van der Waals surface area (Å²) < 4.78 is 11.0. The Balaban J connectivity index is 1.70. The van der Waals surface area contributed by atoms with E-state index in [4.69, 9.17) is 9.47 Å². The molecule has 0 spiro atoms. The van der Waals surface area contributed by atoms with E-state index in [2.05, 4.69) is 18.4 Å². The van der Waals surface area contributed by atoms with Gasteiger partial charge in [-0.1, -0.05) is 6.92 Å². The number of fused-ring (bicyclic) bond motifs is 1. The van der Waals surface area contributed by atoms with E-state index in [0.717, 1.165) is 12.8 Å². The second-order valence-electron chi connectivity index (χ2n) is 6.27. The molecule has 1 amide bonds. The monoisotopic (exact) mass is 373 g/mol. The zero-order chi connectivity index (χ0) is 18.7. The van der Waals surface area contributed by atoms with Crippen LogP contribution in [0.2, 0.25) is 0 Å². The summed E-state index contributed by atoms with van der Waals surface area (Å²) in [7, 11) is 1.52. The number of amides is 1. The topological polar surface area (TPSA) is 55.8 Å². The average Bonchev–Trinajstić information content (AvgIpc) is 3.13. The molecule has 3 rings (SSSR count). The average molecular weight is 373 g/mol. The van der Waals surface area contributed by atoms with E-state index in [9.17, 15) is 9.59 Å². The summed E-state index contributed by atoms with van der Waals surface area (Å²) >= 11 is 1.76. The molecule has 2 heterocycles. The molecule has 0 bridgehead atoms. The Bertz CT molecular complexity index is 814. The minimum Gasteiger partial charge on any atom is -0.493 e. The molecule has 0 aliphatic carbocycles. The number of benzene rings is 1. The number of ketones is 1. The Morgan fingerprint density at radius 2 is 2.08 bits per heavy atom. The molecule has 1 aromatic carbocycles. The Kier molecular flexibility index (Phi) is 5.61. The summed E-state index contributed by atoms with van der Waals surface area (Å²) in [6.45, 7) is 4.27.